The summed E-state index contributed by atoms with van der Waals surface area (Å²) in [4.78, 5) is 0. The van der Waals surface area contributed by atoms with Gasteiger partial charge in [0.05, 0.1) is 0 Å². The van der Waals surface area contributed by atoms with Gasteiger partial charge in [0.2, 0.25) is 0 Å². The van der Waals surface area contributed by atoms with E-state index in [1.807, 2.05) is 0 Å². The second-order valence-corrected chi connectivity index (χ2v) is 5.49. The standard InChI is InChI=1S/C15H21N/c1-16-15(9-11-7-8-11)14-10-13(14)12-5-3-2-4-6-12/h2-6,11,13-16H,7-10H2,1H3. The summed E-state index contributed by atoms with van der Waals surface area (Å²) in [6, 6.07) is 11.8. The molecular weight excluding hydrogens is 194 g/mol. The van der Waals surface area contributed by atoms with Gasteiger partial charge in [0.25, 0.3) is 0 Å². The molecule has 1 aromatic carbocycles. The van der Waals surface area contributed by atoms with Gasteiger partial charge in [-0.25, -0.2) is 0 Å². The van der Waals surface area contributed by atoms with Crippen LogP contribution in [0.15, 0.2) is 30.3 Å². The maximum absolute atomic E-state index is 3.54. The van der Waals surface area contributed by atoms with E-state index in [9.17, 15) is 0 Å². The molecule has 0 spiro atoms. The van der Waals surface area contributed by atoms with Crippen molar-refractivity contribution < 1.29 is 0 Å². The molecule has 0 aromatic heterocycles. The van der Waals surface area contributed by atoms with Gasteiger partial charge in [0, 0.05) is 6.04 Å². The van der Waals surface area contributed by atoms with Crippen molar-refractivity contribution >= 4 is 0 Å². The smallest absolute Gasteiger partial charge is 0.0101 e. The number of hydrogen-bond donors (Lipinski definition) is 1. The van der Waals surface area contributed by atoms with Crippen molar-refractivity contribution in [3.05, 3.63) is 35.9 Å². The first-order valence-corrected chi connectivity index (χ1v) is 6.60. The molecule has 3 atom stereocenters. The Kier molecular flexibility index (Phi) is 2.72. The summed E-state index contributed by atoms with van der Waals surface area (Å²) in [5.74, 6) is 2.76. The minimum Gasteiger partial charge on any atom is -0.317 e. The molecule has 2 saturated carbocycles. The topological polar surface area (TPSA) is 12.0 Å². The molecule has 3 unspecified atom stereocenters. The predicted molar refractivity (Wildman–Crippen MR) is 67.5 cm³/mol. The summed E-state index contributed by atoms with van der Waals surface area (Å²) in [5, 5.41) is 3.54. The minimum atomic E-state index is 0.762. The maximum Gasteiger partial charge on any atom is 0.0101 e. The highest BCUT2D eigenvalue weighted by atomic mass is 14.9. The molecule has 1 N–H and O–H groups in total. The molecule has 1 heteroatoms. The average molecular weight is 215 g/mol. The van der Waals surface area contributed by atoms with Gasteiger partial charge in [-0.3, -0.25) is 0 Å². The highest BCUT2D eigenvalue weighted by molar-refractivity contribution is 5.26. The summed E-state index contributed by atoms with van der Waals surface area (Å²) in [5.41, 5.74) is 1.54. The van der Waals surface area contributed by atoms with Crippen LogP contribution in [0.5, 0.6) is 0 Å². The Hall–Kier alpha value is -0.820. The van der Waals surface area contributed by atoms with Gasteiger partial charge in [-0.2, -0.15) is 0 Å². The molecule has 2 aliphatic rings. The molecule has 1 aromatic rings. The van der Waals surface area contributed by atoms with Gasteiger partial charge in [0.1, 0.15) is 0 Å². The van der Waals surface area contributed by atoms with E-state index < -0.39 is 0 Å². The van der Waals surface area contributed by atoms with Gasteiger partial charge in [-0.1, -0.05) is 43.2 Å². The molecule has 2 fully saturated rings. The van der Waals surface area contributed by atoms with E-state index in [0.29, 0.717) is 0 Å². The molecule has 1 nitrogen and oxygen atoms in total. The minimum absolute atomic E-state index is 0.762. The molecular formula is C15H21N. The third-order valence-corrected chi connectivity index (χ3v) is 4.24. The fourth-order valence-corrected chi connectivity index (χ4v) is 2.96. The largest absolute Gasteiger partial charge is 0.317 e. The van der Waals surface area contributed by atoms with E-state index in [-0.39, 0.29) is 0 Å². The first-order valence-electron chi connectivity index (χ1n) is 6.60. The van der Waals surface area contributed by atoms with Gasteiger partial charge < -0.3 is 5.32 Å². The Bertz CT molecular complexity index is 342. The lowest BCUT2D eigenvalue weighted by atomic mass is 10.0. The van der Waals surface area contributed by atoms with Crippen molar-refractivity contribution in [1.29, 1.82) is 0 Å². The van der Waals surface area contributed by atoms with E-state index >= 15 is 0 Å². The van der Waals surface area contributed by atoms with Crippen LogP contribution >= 0.6 is 0 Å². The van der Waals surface area contributed by atoms with Gasteiger partial charge in [-0.15, -0.1) is 0 Å². The Morgan fingerprint density at radius 1 is 1.25 bits per heavy atom. The van der Waals surface area contributed by atoms with E-state index in [4.69, 9.17) is 0 Å². The summed E-state index contributed by atoms with van der Waals surface area (Å²) >= 11 is 0. The highest BCUT2D eigenvalue weighted by Crippen LogP contribution is 2.51. The van der Waals surface area contributed by atoms with E-state index in [1.54, 1.807) is 5.56 Å². The fourth-order valence-electron chi connectivity index (χ4n) is 2.96. The molecule has 0 heterocycles. The lowest BCUT2D eigenvalue weighted by Gasteiger charge is -2.15. The highest BCUT2D eigenvalue weighted by Gasteiger charge is 2.44. The lowest BCUT2D eigenvalue weighted by molar-refractivity contribution is 0.439. The zero-order valence-corrected chi connectivity index (χ0v) is 10.0. The lowest BCUT2D eigenvalue weighted by Crippen LogP contribution is -2.28. The van der Waals surface area contributed by atoms with E-state index in [2.05, 4.69) is 42.7 Å². The van der Waals surface area contributed by atoms with Crippen molar-refractivity contribution in [1.82, 2.24) is 5.32 Å². The first-order chi connectivity index (χ1) is 7.88. The quantitative estimate of drug-likeness (QED) is 0.795. The predicted octanol–water partition coefficient (Wildman–Crippen LogP) is 3.18. The van der Waals surface area contributed by atoms with Crippen molar-refractivity contribution in [2.45, 2.75) is 37.6 Å². The fraction of sp³-hybridized carbons (Fsp3) is 0.600. The second kappa shape index (κ2) is 4.21. The van der Waals surface area contributed by atoms with Crippen molar-refractivity contribution in [2.75, 3.05) is 7.05 Å². The summed E-state index contributed by atoms with van der Waals surface area (Å²) < 4.78 is 0. The van der Waals surface area contributed by atoms with Crippen LogP contribution in [0.2, 0.25) is 0 Å². The normalized spacial score (nSPS) is 30.1. The molecule has 0 bridgehead atoms. The second-order valence-electron chi connectivity index (χ2n) is 5.49. The molecule has 0 saturated heterocycles. The molecule has 0 aliphatic heterocycles. The summed E-state index contributed by atoms with van der Waals surface area (Å²) in [7, 11) is 2.13. The Morgan fingerprint density at radius 3 is 2.62 bits per heavy atom. The molecule has 0 amide bonds. The number of rotatable bonds is 5. The molecule has 86 valence electrons. The van der Waals surface area contributed by atoms with Gasteiger partial charge in [0.15, 0.2) is 0 Å². The van der Waals surface area contributed by atoms with Gasteiger partial charge >= 0.3 is 0 Å². The zero-order chi connectivity index (χ0) is 11.0. The monoisotopic (exact) mass is 215 g/mol. The van der Waals surface area contributed by atoms with E-state index in [0.717, 1.165) is 23.8 Å². The number of nitrogens with one attached hydrogen (secondary N) is 1. The molecule has 16 heavy (non-hydrogen) atoms. The summed E-state index contributed by atoms with van der Waals surface area (Å²) in [6.07, 6.45) is 5.74. The van der Waals surface area contributed by atoms with Crippen molar-refractivity contribution in [3.63, 3.8) is 0 Å². The third-order valence-electron chi connectivity index (χ3n) is 4.24. The number of benzene rings is 1. The van der Waals surface area contributed by atoms with Crippen molar-refractivity contribution in [3.8, 4) is 0 Å². The zero-order valence-electron chi connectivity index (χ0n) is 10.0. The van der Waals surface area contributed by atoms with Crippen LogP contribution < -0.4 is 5.32 Å². The summed E-state index contributed by atoms with van der Waals surface area (Å²) in [6.45, 7) is 0. The average Bonchev–Trinajstić information content (AvgIpc) is 3.20. The van der Waals surface area contributed by atoms with Gasteiger partial charge in [-0.05, 0) is 43.2 Å². The van der Waals surface area contributed by atoms with Crippen molar-refractivity contribution in [2.24, 2.45) is 11.8 Å². The van der Waals surface area contributed by atoms with Crippen LogP contribution in [-0.2, 0) is 0 Å². The Labute approximate surface area is 98.3 Å². The molecule has 3 rings (SSSR count). The van der Waals surface area contributed by atoms with Crippen LogP contribution in [0.1, 0.15) is 37.2 Å². The van der Waals surface area contributed by atoms with Crippen LogP contribution in [0.3, 0.4) is 0 Å². The number of hydrogen-bond acceptors (Lipinski definition) is 1. The SMILES string of the molecule is CNC(CC1CC1)C1CC1c1ccccc1. The Balaban J connectivity index is 1.61. The third kappa shape index (κ3) is 2.15. The Morgan fingerprint density at radius 2 is 2.00 bits per heavy atom. The molecule has 0 radical (unpaired) electrons. The van der Waals surface area contributed by atoms with Crippen LogP contribution in [0.4, 0.5) is 0 Å². The van der Waals surface area contributed by atoms with Crippen LogP contribution in [0, 0.1) is 11.8 Å². The van der Waals surface area contributed by atoms with Crippen LogP contribution in [-0.4, -0.2) is 13.1 Å². The maximum atomic E-state index is 3.54. The van der Waals surface area contributed by atoms with Crippen LogP contribution in [0.25, 0.3) is 0 Å². The molecule has 2 aliphatic carbocycles. The first kappa shape index (κ1) is 10.3. The van der Waals surface area contributed by atoms with E-state index in [1.165, 1.54) is 25.7 Å².